The van der Waals surface area contributed by atoms with Crippen molar-refractivity contribution in [2.24, 2.45) is 5.73 Å². The molecule has 4 N–H and O–H groups in total. The zero-order valence-electron chi connectivity index (χ0n) is 7.73. The van der Waals surface area contributed by atoms with E-state index in [1.807, 2.05) is 0 Å². The summed E-state index contributed by atoms with van der Waals surface area (Å²) in [5.74, 6) is -0.171. The maximum absolute atomic E-state index is 10.5. The Morgan fingerprint density at radius 1 is 1.86 bits per heavy atom. The molecule has 0 saturated carbocycles. The summed E-state index contributed by atoms with van der Waals surface area (Å²) in [6.07, 6.45) is 1.55. The van der Waals surface area contributed by atoms with Crippen molar-refractivity contribution in [1.29, 1.82) is 0 Å². The number of nitrogens with zero attached hydrogens (tertiary/aromatic N) is 2. The molecular formula is C7H12N4O3. The molecule has 14 heavy (non-hydrogen) atoms. The number of aliphatic hydroxyl groups is 1. The van der Waals surface area contributed by atoms with Crippen LogP contribution in [0.1, 0.15) is 12.5 Å². The molecule has 7 nitrogen and oxygen atoms in total. The van der Waals surface area contributed by atoms with Crippen LogP contribution in [0.15, 0.2) is 6.20 Å². The van der Waals surface area contributed by atoms with E-state index < -0.39 is 10.5 Å². The first-order valence-electron chi connectivity index (χ1n) is 4.02. The van der Waals surface area contributed by atoms with Crippen LogP contribution in [0.3, 0.4) is 0 Å². The highest BCUT2D eigenvalue weighted by atomic mass is 16.6. The van der Waals surface area contributed by atoms with Crippen molar-refractivity contribution in [1.82, 2.24) is 10.2 Å². The smallest absolute Gasteiger partial charge is 0.345 e. The van der Waals surface area contributed by atoms with Gasteiger partial charge >= 0.3 is 5.82 Å². The van der Waals surface area contributed by atoms with Gasteiger partial charge in [0.15, 0.2) is 0 Å². The van der Waals surface area contributed by atoms with E-state index in [9.17, 15) is 10.1 Å². The first kappa shape index (κ1) is 10.6. The van der Waals surface area contributed by atoms with E-state index in [0.717, 1.165) is 0 Å². The maximum atomic E-state index is 10.5. The van der Waals surface area contributed by atoms with Crippen LogP contribution in [0.2, 0.25) is 0 Å². The second-order valence-corrected chi connectivity index (χ2v) is 3.49. The van der Waals surface area contributed by atoms with Gasteiger partial charge in [0, 0.05) is 12.0 Å². The fourth-order valence-electron chi connectivity index (χ4n) is 1.08. The highest BCUT2D eigenvalue weighted by Crippen LogP contribution is 2.18. The van der Waals surface area contributed by atoms with E-state index in [0.29, 0.717) is 5.56 Å². The largest absolute Gasteiger partial charge is 0.394 e. The lowest BCUT2D eigenvalue weighted by Gasteiger charge is -2.19. The number of rotatable bonds is 4. The van der Waals surface area contributed by atoms with E-state index in [-0.39, 0.29) is 18.8 Å². The van der Waals surface area contributed by atoms with E-state index in [2.05, 4.69) is 10.2 Å². The Morgan fingerprint density at radius 2 is 2.50 bits per heavy atom. The summed E-state index contributed by atoms with van der Waals surface area (Å²) in [7, 11) is 0. The summed E-state index contributed by atoms with van der Waals surface area (Å²) in [5.41, 5.74) is 5.19. The number of aromatic amines is 1. The van der Waals surface area contributed by atoms with Gasteiger partial charge in [0.05, 0.1) is 18.4 Å². The summed E-state index contributed by atoms with van der Waals surface area (Å²) in [5, 5.41) is 25.2. The number of H-pyrrole nitrogens is 1. The lowest BCUT2D eigenvalue weighted by atomic mass is 9.96. The van der Waals surface area contributed by atoms with Gasteiger partial charge in [-0.05, 0) is 11.8 Å². The standard InChI is InChI=1S/C7H12N4O3/c1-7(8,4-12)2-5-3-9-10-6(5)11(13)14/h3,12H,2,4,8H2,1H3,(H,9,10). The number of hydrogen-bond acceptors (Lipinski definition) is 5. The normalized spacial score (nSPS) is 15.1. The van der Waals surface area contributed by atoms with Crippen molar-refractivity contribution < 1.29 is 10.0 Å². The number of nitrogens with two attached hydrogens (primary N) is 1. The molecule has 0 fully saturated rings. The van der Waals surface area contributed by atoms with Crippen molar-refractivity contribution in [3.8, 4) is 0 Å². The van der Waals surface area contributed by atoms with Crippen LogP contribution < -0.4 is 5.73 Å². The van der Waals surface area contributed by atoms with Gasteiger partial charge in [-0.2, -0.15) is 0 Å². The van der Waals surface area contributed by atoms with Crippen LogP contribution in [0.4, 0.5) is 5.82 Å². The summed E-state index contributed by atoms with van der Waals surface area (Å²) < 4.78 is 0. The molecule has 1 unspecified atom stereocenters. The summed E-state index contributed by atoms with van der Waals surface area (Å²) in [6.45, 7) is 1.37. The van der Waals surface area contributed by atoms with Gasteiger partial charge in [-0.3, -0.25) is 0 Å². The third-order valence-electron chi connectivity index (χ3n) is 1.83. The van der Waals surface area contributed by atoms with Crippen LogP contribution in [0, 0.1) is 10.1 Å². The zero-order valence-corrected chi connectivity index (χ0v) is 7.73. The summed E-state index contributed by atoms with van der Waals surface area (Å²) in [4.78, 5) is 9.93. The number of hydrogen-bond donors (Lipinski definition) is 3. The summed E-state index contributed by atoms with van der Waals surface area (Å²) in [6, 6.07) is 0. The quantitative estimate of drug-likeness (QED) is 0.450. The lowest BCUT2D eigenvalue weighted by Crippen LogP contribution is -2.42. The Kier molecular flexibility index (Phi) is 2.82. The molecule has 0 aliphatic carbocycles. The molecule has 0 saturated heterocycles. The number of aromatic nitrogens is 2. The topological polar surface area (TPSA) is 118 Å². The molecule has 0 amide bonds. The molecule has 7 heteroatoms. The number of nitrogens with one attached hydrogen (secondary N) is 1. The first-order valence-corrected chi connectivity index (χ1v) is 4.02. The van der Waals surface area contributed by atoms with Gasteiger partial charge in [-0.15, -0.1) is 5.10 Å². The average molecular weight is 200 g/mol. The van der Waals surface area contributed by atoms with Crippen LogP contribution in [-0.4, -0.2) is 32.4 Å². The monoisotopic (exact) mass is 200 g/mol. The maximum Gasteiger partial charge on any atom is 0.345 e. The second-order valence-electron chi connectivity index (χ2n) is 3.49. The average Bonchev–Trinajstić information content (AvgIpc) is 2.51. The zero-order chi connectivity index (χ0) is 10.8. The van der Waals surface area contributed by atoms with Gasteiger partial charge in [0.1, 0.15) is 0 Å². The Hall–Kier alpha value is -1.47. The minimum absolute atomic E-state index is 0.171. The van der Waals surface area contributed by atoms with Gasteiger partial charge in [0.2, 0.25) is 0 Å². The number of aliphatic hydroxyl groups excluding tert-OH is 1. The van der Waals surface area contributed by atoms with Crippen molar-refractivity contribution in [2.45, 2.75) is 18.9 Å². The predicted molar refractivity (Wildman–Crippen MR) is 48.6 cm³/mol. The van der Waals surface area contributed by atoms with Crippen LogP contribution in [0.25, 0.3) is 0 Å². The lowest BCUT2D eigenvalue weighted by molar-refractivity contribution is -0.390. The third-order valence-corrected chi connectivity index (χ3v) is 1.83. The molecular weight excluding hydrogens is 188 g/mol. The van der Waals surface area contributed by atoms with E-state index >= 15 is 0 Å². The minimum atomic E-state index is -0.866. The molecule has 0 aromatic carbocycles. The van der Waals surface area contributed by atoms with Crippen LogP contribution >= 0.6 is 0 Å². The van der Waals surface area contributed by atoms with Crippen LogP contribution in [-0.2, 0) is 6.42 Å². The SMILES string of the molecule is CC(N)(CO)Cc1cn[nH]c1[N+](=O)[O-]. The molecule has 0 bridgehead atoms. The van der Waals surface area contributed by atoms with E-state index in [4.69, 9.17) is 10.8 Å². The van der Waals surface area contributed by atoms with Crippen molar-refractivity contribution in [3.05, 3.63) is 21.9 Å². The van der Waals surface area contributed by atoms with Crippen molar-refractivity contribution in [3.63, 3.8) is 0 Å². The molecule has 1 aromatic rings. The fraction of sp³-hybridized carbons (Fsp3) is 0.571. The second kappa shape index (κ2) is 3.72. The molecule has 78 valence electrons. The summed E-state index contributed by atoms with van der Waals surface area (Å²) >= 11 is 0. The molecule has 0 aliphatic rings. The predicted octanol–water partition coefficient (Wildman–Crippen LogP) is -0.430. The molecule has 1 rings (SSSR count). The van der Waals surface area contributed by atoms with Gasteiger partial charge in [-0.1, -0.05) is 5.10 Å². The molecule has 1 heterocycles. The van der Waals surface area contributed by atoms with Gasteiger partial charge in [0.25, 0.3) is 0 Å². The van der Waals surface area contributed by atoms with Crippen molar-refractivity contribution in [2.75, 3.05) is 6.61 Å². The fourth-order valence-corrected chi connectivity index (χ4v) is 1.08. The van der Waals surface area contributed by atoms with Crippen LogP contribution in [0.5, 0.6) is 0 Å². The minimum Gasteiger partial charge on any atom is -0.394 e. The van der Waals surface area contributed by atoms with Gasteiger partial charge < -0.3 is 21.0 Å². The highest BCUT2D eigenvalue weighted by Gasteiger charge is 2.24. The van der Waals surface area contributed by atoms with E-state index in [1.165, 1.54) is 6.20 Å². The number of nitro groups is 1. The van der Waals surface area contributed by atoms with E-state index in [1.54, 1.807) is 6.92 Å². The first-order chi connectivity index (χ1) is 6.46. The third kappa shape index (κ3) is 2.27. The van der Waals surface area contributed by atoms with Gasteiger partial charge in [-0.25, -0.2) is 0 Å². The molecule has 1 atom stereocenters. The Bertz CT molecular complexity index is 333. The Morgan fingerprint density at radius 3 is 3.00 bits per heavy atom. The van der Waals surface area contributed by atoms with Crippen molar-refractivity contribution >= 4 is 5.82 Å². The Balaban J connectivity index is 2.86. The highest BCUT2D eigenvalue weighted by molar-refractivity contribution is 5.31. The molecule has 1 aromatic heterocycles. The molecule has 0 aliphatic heterocycles. The Labute approximate surface area is 80.1 Å². The molecule has 0 radical (unpaired) electrons. The molecule has 0 spiro atoms.